The standard InChI is InChI=1S/C10H11N5/c1-15-10(11)13-9-8(14-15)6-4-2-3-5-7(6)12-9/h2-5,12,14H,1H3,(H2,11,13). The number of aliphatic imine (C=N–C) groups is 1. The third-order valence-corrected chi connectivity index (χ3v) is 2.54. The van der Waals surface area contributed by atoms with E-state index in [-0.39, 0.29) is 0 Å². The van der Waals surface area contributed by atoms with Gasteiger partial charge in [-0.25, -0.2) is 0 Å². The molecule has 0 radical (unpaired) electrons. The van der Waals surface area contributed by atoms with Crippen molar-refractivity contribution in [2.45, 2.75) is 0 Å². The summed E-state index contributed by atoms with van der Waals surface area (Å²) in [6.07, 6.45) is 0. The molecule has 0 unspecified atom stereocenters. The van der Waals surface area contributed by atoms with Gasteiger partial charge in [-0.05, 0) is 6.07 Å². The van der Waals surface area contributed by atoms with Gasteiger partial charge in [0.25, 0.3) is 0 Å². The molecule has 0 fully saturated rings. The highest BCUT2D eigenvalue weighted by molar-refractivity contribution is 6.02. The van der Waals surface area contributed by atoms with Crippen molar-refractivity contribution in [3.8, 4) is 0 Å². The summed E-state index contributed by atoms with van der Waals surface area (Å²) in [5, 5.41) is 2.82. The molecule has 1 aromatic heterocycles. The number of hydrogen-bond acceptors (Lipinski definition) is 4. The summed E-state index contributed by atoms with van der Waals surface area (Å²) in [6, 6.07) is 8.05. The highest BCUT2D eigenvalue weighted by atomic mass is 15.6. The Morgan fingerprint density at radius 1 is 1.33 bits per heavy atom. The molecule has 0 spiro atoms. The number of hydrogen-bond donors (Lipinski definition) is 3. The van der Waals surface area contributed by atoms with Crippen molar-refractivity contribution < 1.29 is 0 Å². The van der Waals surface area contributed by atoms with E-state index in [4.69, 9.17) is 5.73 Å². The molecule has 76 valence electrons. The first-order chi connectivity index (χ1) is 7.25. The maximum Gasteiger partial charge on any atom is 0.216 e. The zero-order valence-electron chi connectivity index (χ0n) is 8.28. The Hall–Kier alpha value is -2.17. The van der Waals surface area contributed by atoms with Gasteiger partial charge in [0.1, 0.15) is 5.69 Å². The van der Waals surface area contributed by atoms with Crippen molar-refractivity contribution in [1.29, 1.82) is 0 Å². The number of nitrogens with two attached hydrogens (primary N) is 1. The predicted molar refractivity (Wildman–Crippen MR) is 61.0 cm³/mol. The Morgan fingerprint density at radius 3 is 3.00 bits per heavy atom. The lowest BCUT2D eigenvalue weighted by molar-refractivity contribution is 0.595. The highest BCUT2D eigenvalue weighted by Crippen LogP contribution is 2.35. The van der Waals surface area contributed by atoms with Gasteiger partial charge in [0, 0.05) is 18.0 Å². The Kier molecular flexibility index (Phi) is 1.45. The van der Waals surface area contributed by atoms with E-state index in [0.717, 1.165) is 22.4 Å². The first kappa shape index (κ1) is 8.16. The summed E-state index contributed by atoms with van der Waals surface area (Å²) in [6.45, 7) is 0. The molecular formula is C10H11N5. The number of aromatic nitrogens is 1. The molecule has 2 aromatic rings. The average molecular weight is 201 g/mol. The van der Waals surface area contributed by atoms with Crippen LogP contribution in [0.15, 0.2) is 29.3 Å². The number of hydrazine groups is 1. The number of H-pyrrole nitrogens is 1. The summed E-state index contributed by atoms with van der Waals surface area (Å²) < 4.78 is 0. The Balaban J connectivity index is 2.31. The van der Waals surface area contributed by atoms with Crippen molar-refractivity contribution >= 4 is 28.4 Å². The number of para-hydroxylation sites is 1. The van der Waals surface area contributed by atoms with Crippen LogP contribution in [0.1, 0.15) is 0 Å². The van der Waals surface area contributed by atoms with Crippen molar-refractivity contribution in [2.75, 3.05) is 12.5 Å². The van der Waals surface area contributed by atoms with Crippen molar-refractivity contribution in [3.63, 3.8) is 0 Å². The number of nitrogens with one attached hydrogen (secondary N) is 2. The molecular weight excluding hydrogens is 190 g/mol. The van der Waals surface area contributed by atoms with Gasteiger partial charge in [0.2, 0.25) is 5.96 Å². The molecule has 4 N–H and O–H groups in total. The largest absolute Gasteiger partial charge is 0.368 e. The molecule has 5 heteroatoms. The van der Waals surface area contributed by atoms with E-state index in [1.54, 1.807) is 5.01 Å². The van der Waals surface area contributed by atoms with Gasteiger partial charge in [0.05, 0.1) is 0 Å². The van der Waals surface area contributed by atoms with Crippen LogP contribution >= 0.6 is 0 Å². The average Bonchev–Trinajstić information content (AvgIpc) is 2.57. The van der Waals surface area contributed by atoms with E-state index in [0.29, 0.717) is 5.96 Å². The predicted octanol–water partition coefficient (Wildman–Crippen LogP) is 1.39. The van der Waals surface area contributed by atoms with Crippen LogP contribution in [0, 0.1) is 0 Å². The molecule has 3 rings (SSSR count). The van der Waals surface area contributed by atoms with Crippen LogP contribution in [0.25, 0.3) is 10.9 Å². The fraction of sp³-hybridized carbons (Fsp3) is 0.100. The number of aromatic amines is 1. The molecule has 15 heavy (non-hydrogen) atoms. The second-order valence-electron chi connectivity index (χ2n) is 3.54. The zero-order valence-corrected chi connectivity index (χ0v) is 8.28. The quantitative estimate of drug-likeness (QED) is 0.603. The normalized spacial score (nSPS) is 14.7. The lowest BCUT2D eigenvalue weighted by Gasteiger charge is -2.23. The molecule has 5 nitrogen and oxygen atoms in total. The zero-order chi connectivity index (χ0) is 10.4. The van der Waals surface area contributed by atoms with Crippen molar-refractivity contribution in [1.82, 2.24) is 9.99 Å². The number of guanidine groups is 1. The van der Waals surface area contributed by atoms with Crippen LogP contribution in [-0.2, 0) is 0 Å². The molecule has 0 amide bonds. The minimum absolute atomic E-state index is 0.453. The summed E-state index contributed by atoms with van der Waals surface area (Å²) in [7, 11) is 1.84. The SMILES string of the molecule is CN1Nc2c([nH]c3ccccc23)N=C1N. The summed E-state index contributed by atoms with van der Waals surface area (Å²) >= 11 is 0. The molecule has 1 aliphatic heterocycles. The summed E-state index contributed by atoms with van der Waals surface area (Å²) in [5.74, 6) is 1.24. The summed E-state index contributed by atoms with van der Waals surface area (Å²) in [5.41, 5.74) is 10.9. The lowest BCUT2D eigenvalue weighted by atomic mass is 10.2. The van der Waals surface area contributed by atoms with E-state index in [9.17, 15) is 0 Å². The van der Waals surface area contributed by atoms with Crippen molar-refractivity contribution in [3.05, 3.63) is 24.3 Å². The van der Waals surface area contributed by atoms with Crippen LogP contribution < -0.4 is 11.2 Å². The van der Waals surface area contributed by atoms with Gasteiger partial charge in [-0.2, -0.15) is 4.99 Å². The molecule has 1 aliphatic rings. The maximum atomic E-state index is 5.71. The number of anilines is 1. The van der Waals surface area contributed by atoms with Gasteiger partial charge >= 0.3 is 0 Å². The van der Waals surface area contributed by atoms with Gasteiger partial charge < -0.3 is 10.7 Å². The molecule has 0 atom stereocenters. The second-order valence-corrected chi connectivity index (χ2v) is 3.54. The second kappa shape index (κ2) is 2.66. The van der Waals surface area contributed by atoms with E-state index >= 15 is 0 Å². The van der Waals surface area contributed by atoms with Crippen LogP contribution in [0.3, 0.4) is 0 Å². The number of nitrogens with zero attached hydrogens (tertiary/aromatic N) is 2. The smallest absolute Gasteiger partial charge is 0.216 e. The molecule has 0 saturated carbocycles. The minimum Gasteiger partial charge on any atom is -0.368 e. The van der Waals surface area contributed by atoms with Crippen LogP contribution in [0.2, 0.25) is 0 Å². The van der Waals surface area contributed by atoms with E-state index in [2.05, 4.69) is 15.4 Å². The van der Waals surface area contributed by atoms with E-state index < -0.39 is 0 Å². The number of benzene rings is 1. The fourth-order valence-electron chi connectivity index (χ4n) is 1.74. The third-order valence-electron chi connectivity index (χ3n) is 2.54. The minimum atomic E-state index is 0.453. The van der Waals surface area contributed by atoms with Crippen LogP contribution in [-0.4, -0.2) is 23.0 Å². The van der Waals surface area contributed by atoms with Crippen LogP contribution in [0.4, 0.5) is 11.5 Å². The molecule has 2 heterocycles. The molecule has 0 saturated heterocycles. The van der Waals surface area contributed by atoms with Gasteiger partial charge in [-0.1, -0.05) is 18.2 Å². The Morgan fingerprint density at radius 2 is 2.13 bits per heavy atom. The van der Waals surface area contributed by atoms with E-state index in [1.807, 2.05) is 31.3 Å². The van der Waals surface area contributed by atoms with Crippen molar-refractivity contribution in [2.24, 2.45) is 10.7 Å². The number of fused-ring (bicyclic) bond motifs is 3. The lowest BCUT2D eigenvalue weighted by Crippen LogP contribution is -2.39. The Labute approximate surface area is 86.6 Å². The Bertz CT molecular complexity index is 554. The fourth-order valence-corrected chi connectivity index (χ4v) is 1.74. The monoisotopic (exact) mass is 201 g/mol. The van der Waals surface area contributed by atoms with Gasteiger partial charge in [0.15, 0.2) is 5.82 Å². The molecule has 0 bridgehead atoms. The topological polar surface area (TPSA) is 69.4 Å². The molecule has 0 aliphatic carbocycles. The highest BCUT2D eigenvalue weighted by Gasteiger charge is 2.17. The third kappa shape index (κ3) is 1.06. The first-order valence-electron chi connectivity index (χ1n) is 4.71. The summed E-state index contributed by atoms with van der Waals surface area (Å²) in [4.78, 5) is 7.48. The van der Waals surface area contributed by atoms with Gasteiger partial charge in [-0.3, -0.25) is 10.4 Å². The maximum absolute atomic E-state index is 5.71. The van der Waals surface area contributed by atoms with E-state index in [1.165, 1.54) is 0 Å². The number of rotatable bonds is 0. The molecule has 1 aromatic carbocycles. The van der Waals surface area contributed by atoms with Gasteiger partial charge in [-0.15, -0.1) is 0 Å². The first-order valence-corrected chi connectivity index (χ1v) is 4.71. The van der Waals surface area contributed by atoms with Crippen LogP contribution in [0.5, 0.6) is 0 Å².